The van der Waals surface area contributed by atoms with E-state index in [0.717, 1.165) is 29.1 Å². The zero-order valence-corrected chi connectivity index (χ0v) is 13.6. The zero-order chi connectivity index (χ0) is 16.1. The van der Waals surface area contributed by atoms with Gasteiger partial charge in [-0.05, 0) is 38.5 Å². The predicted octanol–water partition coefficient (Wildman–Crippen LogP) is 2.26. The lowest BCUT2D eigenvalue weighted by molar-refractivity contribution is 0.206. The number of hydrogen-bond acceptors (Lipinski definition) is 3. The number of urea groups is 1. The molecule has 0 atom stereocenters. The third kappa shape index (κ3) is 3.84. The molecule has 0 aliphatic rings. The highest BCUT2D eigenvalue weighted by Gasteiger charge is 2.11. The molecule has 118 valence electrons. The van der Waals surface area contributed by atoms with E-state index in [0.29, 0.717) is 13.1 Å². The highest BCUT2D eigenvalue weighted by molar-refractivity contribution is 5.73. The van der Waals surface area contributed by atoms with Gasteiger partial charge in [-0.1, -0.05) is 0 Å². The van der Waals surface area contributed by atoms with Crippen LogP contribution in [0, 0.1) is 13.8 Å². The number of aryl methyl sites for hydroxylation is 2. The van der Waals surface area contributed by atoms with Gasteiger partial charge in [-0.25, -0.2) is 4.79 Å². The van der Waals surface area contributed by atoms with Gasteiger partial charge in [0.25, 0.3) is 0 Å². The second-order valence-electron chi connectivity index (χ2n) is 5.39. The van der Waals surface area contributed by atoms with E-state index in [-0.39, 0.29) is 6.03 Å². The molecule has 0 spiro atoms. The van der Waals surface area contributed by atoms with Crippen LogP contribution < -0.4 is 5.32 Å². The van der Waals surface area contributed by atoms with Crippen LogP contribution in [-0.2, 0) is 19.6 Å². The molecule has 0 unspecified atom stereocenters. The van der Waals surface area contributed by atoms with Crippen molar-refractivity contribution in [1.29, 1.82) is 0 Å². The van der Waals surface area contributed by atoms with Crippen LogP contribution in [-0.4, -0.2) is 32.7 Å². The maximum atomic E-state index is 12.2. The Kier molecular flexibility index (Phi) is 5.14. The van der Waals surface area contributed by atoms with Crippen molar-refractivity contribution in [2.24, 2.45) is 0 Å². The lowest BCUT2D eigenvalue weighted by Gasteiger charge is -2.18. The summed E-state index contributed by atoms with van der Waals surface area (Å²) in [7, 11) is 1.79. The molecule has 2 heterocycles. The van der Waals surface area contributed by atoms with Crippen LogP contribution in [0.2, 0.25) is 0 Å². The Labute approximate surface area is 131 Å². The first kappa shape index (κ1) is 16.0. The van der Waals surface area contributed by atoms with Crippen LogP contribution in [0.25, 0.3) is 0 Å². The fourth-order valence-corrected chi connectivity index (χ4v) is 2.33. The molecule has 6 nitrogen and oxygen atoms in total. The highest BCUT2D eigenvalue weighted by atomic mass is 16.2. The molecule has 0 radical (unpaired) electrons. The predicted molar refractivity (Wildman–Crippen MR) is 85.3 cm³/mol. The number of amides is 2. The van der Waals surface area contributed by atoms with Crippen molar-refractivity contribution in [2.75, 3.05) is 7.05 Å². The Morgan fingerprint density at radius 2 is 2.18 bits per heavy atom. The number of carbonyl (C=O) groups excluding carboxylic acids is 1. The summed E-state index contributed by atoms with van der Waals surface area (Å²) in [5.41, 5.74) is 4.16. The molecule has 2 aromatic rings. The Hall–Kier alpha value is -2.37. The summed E-state index contributed by atoms with van der Waals surface area (Å²) in [5.74, 6) is 0. The van der Waals surface area contributed by atoms with E-state index in [1.165, 1.54) is 0 Å². The number of carbonyl (C=O) groups is 1. The van der Waals surface area contributed by atoms with Crippen LogP contribution >= 0.6 is 0 Å². The average Bonchev–Trinajstić information content (AvgIpc) is 2.85. The van der Waals surface area contributed by atoms with Crippen LogP contribution in [0.15, 0.2) is 24.5 Å². The van der Waals surface area contributed by atoms with E-state index < -0.39 is 0 Å². The van der Waals surface area contributed by atoms with Crippen LogP contribution in [0.4, 0.5) is 4.79 Å². The zero-order valence-electron chi connectivity index (χ0n) is 13.6. The van der Waals surface area contributed by atoms with Crippen molar-refractivity contribution in [1.82, 2.24) is 25.0 Å². The van der Waals surface area contributed by atoms with E-state index in [2.05, 4.69) is 15.4 Å². The van der Waals surface area contributed by atoms with Gasteiger partial charge in [-0.2, -0.15) is 5.10 Å². The van der Waals surface area contributed by atoms with Crippen molar-refractivity contribution < 1.29 is 4.79 Å². The normalized spacial score (nSPS) is 10.5. The molecule has 0 aliphatic carbocycles. The summed E-state index contributed by atoms with van der Waals surface area (Å²) >= 11 is 0. The molecule has 0 saturated heterocycles. The Bertz CT molecular complexity index is 650. The standard InChI is InChI=1S/C16H23N5O/c1-5-21-13(3)15(10-19-21)9-18-16(22)20(4)11-14-6-7-17-12(2)8-14/h6-8,10H,5,9,11H2,1-4H3,(H,18,22). The number of pyridine rings is 1. The molecule has 2 aromatic heterocycles. The Balaban J connectivity index is 1.90. The van der Waals surface area contributed by atoms with Gasteiger partial charge in [-0.3, -0.25) is 9.67 Å². The highest BCUT2D eigenvalue weighted by Crippen LogP contribution is 2.08. The van der Waals surface area contributed by atoms with Gasteiger partial charge in [0.15, 0.2) is 0 Å². The number of aromatic nitrogens is 3. The number of nitrogens with zero attached hydrogens (tertiary/aromatic N) is 4. The SMILES string of the molecule is CCn1ncc(CNC(=O)N(C)Cc2ccnc(C)c2)c1C. The van der Waals surface area contributed by atoms with Gasteiger partial charge in [0.05, 0.1) is 6.20 Å². The molecule has 6 heteroatoms. The molecule has 2 amide bonds. The summed E-state index contributed by atoms with van der Waals surface area (Å²) < 4.78 is 1.92. The minimum absolute atomic E-state index is 0.0990. The summed E-state index contributed by atoms with van der Waals surface area (Å²) in [6.07, 6.45) is 3.57. The molecule has 0 aromatic carbocycles. The van der Waals surface area contributed by atoms with Gasteiger partial charge in [0.1, 0.15) is 0 Å². The molecular weight excluding hydrogens is 278 g/mol. The van der Waals surface area contributed by atoms with E-state index in [1.807, 2.05) is 43.8 Å². The van der Waals surface area contributed by atoms with E-state index in [9.17, 15) is 4.79 Å². The van der Waals surface area contributed by atoms with Gasteiger partial charge in [0, 0.05) is 49.8 Å². The van der Waals surface area contributed by atoms with Gasteiger partial charge >= 0.3 is 6.03 Å². The minimum atomic E-state index is -0.0990. The first-order chi connectivity index (χ1) is 10.5. The molecule has 0 aliphatic heterocycles. The molecule has 2 rings (SSSR count). The number of hydrogen-bond donors (Lipinski definition) is 1. The fourth-order valence-electron chi connectivity index (χ4n) is 2.33. The maximum absolute atomic E-state index is 12.2. The fraction of sp³-hybridized carbons (Fsp3) is 0.438. The molecule has 0 bridgehead atoms. The summed E-state index contributed by atoms with van der Waals surface area (Å²) in [6.45, 7) is 7.89. The first-order valence-corrected chi connectivity index (χ1v) is 7.43. The third-order valence-electron chi connectivity index (χ3n) is 3.66. The topological polar surface area (TPSA) is 63.1 Å². The first-order valence-electron chi connectivity index (χ1n) is 7.43. The number of nitrogens with one attached hydrogen (secondary N) is 1. The third-order valence-corrected chi connectivity index (χ3v) is 3.66. The largest absolute Gasteiger partial charge is 0.334 e. The molecular formula is C16H23N5O. The summed E-state index contributed by atoms with van der Waals surface area (Å²) in [6, 6.07) is 3.81. The summed E-state index contributed by atoms with van der Waals surface area (Å²) in [4.78, 5) is 18.0. The Morgan fingerprint density at radius 3 is 2.82 bits per heavy atom. The van der Waals surface area contributed by atoms with Crippen molar-refractivity contribution in [3.05, 3.63) is 47.0 Å². The monoisotopic (exact) mass is 301 g/mol. The van der Waals surface area contributed by atoms with E-state index in [1.54, 1.807) is 18.1 Å². The molecule has 1 N–H and O–H groups in total. The van der Waals surface area contributed by atoms with Crippen molar-refractivity contribution in [2.45, 2.75) is 40.4 Å². The van der Waals surface area contributed by atoms with E-state index >= 15 is 0 Å². The van der Waals surface area contributed by atoms with Crippen molar-refractivity contribution >= 4 is 6.03 Å². The Morgan fingerprint density at radius 1 is 1.41 bits per heavy atom. The van der Waals surface area contributed by atoms with Crippen molar-refractivity contribution in [3.63, 3.8) is 0 Å². The van der Waals surface area contributed by atoms with Crippen LogP contribution in [0.3, 0.4) is 0 Å². The smallest absolute Gasteiger partial charge is 0.317 e. The minimum Gasteiger partial charge on any atom is -0.334 e. The van der Waals surface area contributed by atoms with Crippen LogP contribution in [0.5, 0.6) is 0 Å². The van der Waals surface area contributed by atoms with Gasteiger partial charge in [0.2, 0.25) is 0 Å². The van der Waals surface area contributed by atoms with Crippen molar-refractivity contribution in [3.8, 4) is 0 Å². The van der Waals surface area contributed by atoms with E-state index in [4.69, 9.17) is 0 Å². The average molecular weight is 301 g/mol. The molecule has 0 fully saturated rings. The lowest BCUT2D eigenvalue weighted by atomic mass is 10.2. The maximum Gasteiger partial charge on any atom is 0.317 e. The second kappa shape index (κ2) is 7.06. The molecule has 0 saturated carbocycles. The lowest BCUT2D eigenvalue weighted by Crippen LogP contribution is -2.36. The van der Waals surface area contributed by atoms with Crippen LogP contribution in [0.1, 0.15) is 29.4 Å². The summed E-state index contributed by atoms with van der Waals surface area (Å²) in [5, 5.41) is 7.21. The quantitative estimate of drug-likeness (QED) is 0.921. The molecule has 22 heavy (non-hydrogen) atoms. The van der Waals surface area contributed by atoms with Gasteiger partial charge in [-0.15, -0.1) is 0 Å². The van der Waals surface area contributed by atoms with Gasteiger partial charge < -0.3 is 10.2 Å². The number of rotatable bonds is 5. The second-order valence-corrected chi connectivity index (χ2v) is 5.39.